The summed E-state index contributed by atoms with van der Waals surface area (Å²) in [7, 11) is 0. The average Bonchev–Trinajstić information content (AvgIpc) is 3.41. The Morgan fingerprint density at radius 3 is 2.78 bits per heavy atom. The molecule has 2 aliphatic heterocycles. The molecule has 2 saturated heterocycles. The van der Waals surface area contributed by atoms with Gasteiger partial charge in [0.05, 0.1) is 17.8 Å². The van der Waals surface area contributed by atoms with E-state index in [1.807, 2.05) is 12.3 Å². The van der Waals surface area contributed by atoms with E-state index in [4.69, 9.17) is 21.3 Å². The number of piperazine rings is 1. The smallest absolute Gasteiger partial charge is 0.109 e. The van der Waals surface area contributed by atoms with Crippen LogP contribution in [0.25, 0.3) is 11.6 Å². The van der Waals surface area contributed by atoms with Crippen LogP contribution in [-0.4, -0.2) is 48.3 Å². The van der Waals surface area contributed by atoms with E-state index in [1.165, 1.54) is 16.7 Å². The monoisotopic (exact) mass is 445 g/mol. The fraction of sp³-hybridized carbons (Fsp3) is 0.381. The van der Waals surface area contributed by atoms with Gasteiger partial charge in [-0.1, -0.05) is 17.7 Å². The number of nitrogens with zero attached hydrogens (tertiary/aromatic N) is 2. The van der Waals surface area contributed by atoms with Gasteiger partial charge in [0.1, 0.15) is 6.10 Å². The minimum Gasteiger partial charge on any atom is -0.365 e. The number of fused-ring (bicyclic) bond motifs is 2. The predicted octanol–water partition coefficient (Wildman–Crippen LogP) is 4.13. The second kappa shape index (κ2) is 6.98. The molecular formula is C21H21BrClN3O. The summed E-state index contributed by atoms with van der Waals surface area (Å²) < 4.78 is 6.86. The van der Waals surface area contributed by atoms with Crippen molar-refractivity contribution in [3.8, 4) is 0 Å². The second-order valence-corrected chi connectivity index (χ2v) is 8.76. The highest BCUT2D eigenvalue weighted by molar-refractivity contribution is 9.10. The highest BCUT2D eigenvalue weighted by atomic mass is 79.9. The topological polar surface area (TPSA) is 40.7 Å². The van der Waals surface area contributed by atoms with Crippen LogP contribution in [-0.2, 0) is 4.74 Å². The van der Waals surface area contributed by atoms with Gasteiger partial charge in [-0.25, -0.2) is 0 Å². The van der Waals surface area contributed by atoms with Gasteiger partial charge in [-0.2, -0.15) is 0 Å². The number of ether oxygens (including phenoxy) is 1. The quantitative estimate of drug-likeness (QED) is 0.704. The van der Waals surface area contributed by atoms with Crippen molar-refractivity contribution in [2.75, 3.05) is 26.2 Å². The lowest BCUT2D eigenvalue weighted by molar-refractivity contribution is 0.195. The van der Waals surface area contributed by atoms with Gasteiger partial charge in [-0.3, -0.25) is 9.88 Å². The zero-order valence-electron chi connectivity index (χ0n) is 15.1. The number of epoxide rings is 1. The van der Waals surface area contributed by atoms with Gasteiger partial charge in [0.25, 0.3) is 0 Å². The Morgan fingerprint density at radius 1 is 1.26 bits per heavy atom. The van der Waals surface area contributed by atoms with E-state index in [-0.39, 0.29) is 18.2 Å². The lowest BCUT2D eigenvalue weighted by atomic mass is 9.92. The Morgan fingerprint density at radius 2 is 2.04 bits per heavy atom. The second-order valence-electron chi connectivity index (χ2n) is 7.41. The summed E-state index contributed by atoms with van der Waals surface area (Å²) in [4.78, 5) is 7.39. The van der Waals surface area contributed by atoms with Gasteiger partial charge < -0.3 is 10.1 Å². The minimum absolute atomic E-state index is 0.116. The number of nitrogens with one attached hydrogen (secondary N) is 1. The van der Waals surface area contributed by atoms with Crippen molar-refractivity contribution >= 4 is 39.2 Å². The molecule has 2 fully saturated rings. The van der Waals surface area contributed by atoms with E-state index in [0.717, 1.165) is 46.9 Å². The molecule has 6 heteroatoms. The lowest BCUT2D eigenvalue weighted by Gasteiger charge is -2.35. The first-order valence-electron chi connectivity index (χ1n) is 9.39. The molecule has 140 valence electrons. The summed E-state index contributed by atoms with van der Waals surface area (Å²) in [6.45, 7) is 6.10. The first-order chi connectivity index (χ1) is 13.1. The maximum Gasteiger partial charge on any atom is 0.109 e. The van der Waals surface area contributed by atoms with Gasteiger partial charge >= 0.3 is 0 Å². The van der Waals surface area contributed by atoms with Crippen molar-refractivity contribution in [3.63, 3.8) is 0 Å². The Labute approximate surface area is 172 Å². The van der Waals surface area contributed by atoms with Crippen LogP contribution in [0.5, 0.6) is 0 Å². The van der Waals surface area contributed by atoms with Gasteiger partial charge in [-0.05, 0) is 69.4 Å². The number of benzene rings is 1. The third-order valence-corrected chi connectivity index (χ3v) is 6.31. The van der Waals surface area contributed by atoms with E-state index in [2.05, 4.69) is 57.3 Å². The zero-order chi connectivity index (χ0) is 18.5. The van der Waals surface area contributed by atoms with Crippen molar-refractivity contribution in [3.05, 3.63) is 62.3 Å². The average molecular weight is 447 g/mol. The van der Waals surface area contributed by atoms with Crippen LogP contribution in [0, 0.1) is 0 Å². The van der Waals surface area contributed by atoms with Crippen molar-refractivity contribution in [2.24, 2.45) is 0 Å². The van der Waals surface area contributed by atoms with Crippen molar-refractivity contribution in [2.45, 2.75) is 25.2 Å². The van der Waals surface area contributed by atoms with Crippen LogP contribution in [0.15, 0.2) is 34.9 Å². The fourth-order valence-corrected chi connectivity index (χ4v) is 4.80. The van der Waals surface area contributed by atoms with E-state index >= 15 is 0 Å². The first-order valence-corrected chi connectivity index (χ1v) is 10.6. The van der Waals surface area contributed by atoms with Crippen LogP contribution < -0.4 is 5.32 Å². The van der Waals surface area contributed by atoms with Crippen LogP contribution in [0.3, 0.4) is 0 Å². The number of aromatic nitrogens is 1. The first kappa shape index (κ1) is 17.8. The Kier molecular flexibility index (Phi) is 4.61. The van der Waals surface area contributed by atoms with Gasteiger partial charge in [0.2, 0.25) is 0 Å². The summed E-state index contributed by atoms with van der Waals surface area (Å²) in [6, 6.07) is 8.54. The number of hydrogen-bond acceptors (Lipinski definition) is 4. The number of halogens is 2. The minimum atomic E-state index is 0.116. The Bertz CT molecular complexity index is 926. The molecule has 0 amide bonds. The Hall–Kier alpha value is -1.24. The normalized spacial score (nSPS) is 27.4. The molecule has 3 atom stereocenters. The molecule has 1 aromatic heterocycles. The molecule has 27 heavy (non-hydrogen) atoms. The molecule has 0 bridgehead atoms. The number of pyridine rings is 1. The van der Waals surface area contributed by atoms with Crippen LogP contribution in [0.1, 0.15) is 35.3 Å². The van der Waals surface area contributed by atoms with Crippen molar-refractivity contribution < 1.29 is 4.74 Å². The predicted molar refractivity (Wildman–Crippen MR) is 112 cm³/mol. The molecule has 0 spiro atoms. The van der Waals surface area contributed by atoms with Gasteiger partial charge in [0, 0.05) is 41.9 Å². The molecular weight excluding hydrogens is 426 g/mol. The summed E-state index contributed by atoms with van der Waals surface area (Å²) in [5, 5.41) is 4.21. The van der Waals surface area contributed by atoms with Gasteiger partial charge in [0.15, 0.2) is 0 Å². The van der Waals surface area contributed by atoms with E-state index < -0.39 is 0 Å². The molecule has 1 aliphatic carbocycles. The van der Waals surface area contributed by atoms with E-state index in [9.17, 15) is 0 Å². The highest BCUT2D eigenvalue weighted by Crippen LogP contribution is 2.45. The lowest BCUT2D eigenvalue weighted by Crippen LogP contribution is -2.45. The molecule has 2 aromatic rings. The van der Waals surface area contributed by atoms with Crippen LogP contribution in [0.2, 0.25) is 5.02 Å². The third-order valence-electron chi connectivity index (χ3n) is 5.64. The highest BCUT2D eigenvalue weighted by Gasteiger charge is 2.41. The number of rotatable bonds is 2. The maximum atomic E-state index is 6.41. The summed E-state index contributed by atoms with van der Waals surface area (Å²) in [5.74, 6) is 0. The third kappa shape index (κ3) is 3.26. The summed E-state index contributed by atoms with van der Waals surface area (Å²) >= 11 is 10.0. The summed E-state index contributed by atoms with van der Waals surface area (Å²) in [6.07, 6.45) is 4.51. The standard InChI is InChI=1S/C21H21BrClN3O/c1-12-21(27-12)18-9-13-8-14(22)11-25-19(13)20(26-6-4-24-5-7-26)16-3-2-15(23)10-17(16)18/h2-3,8-12,20-21,24H,4-7H2,1H3/t12?,20-,21?/m1/s1. The largest absolute Gasteiger partial charge is 0.365 e. The SMILES string of the molecule is CC1OC1C1=Cc2cc(Br)cnc2[C@H](N2CCNCC2)c2ccc(Cl)cc21. The van der Waals surface area contributed by atoms with Gasteiger partial charge in [-0.15, -0.1) is 0 Å². The van der Waals surface area contributed by atoms with E-state index in [0.29, 0.717) is 0 Å². The molecule has 3 heterocycles. The van der Waals surface area contributed by atoms with Crippen molar-refractivity contribution in [1.82, 2.24) is 15.2 Å². The molecule has 4 nitrogen and oxygen atoms in total. The number of hydrogen-bond donors (Lipinski definition) is 1. The fourth-order valence-electron chi connectivity index (χ4n) is 4.28. The maximum absolute atomic E-state index is 6.41. The van der Waals surface area contributed by atoms with E-state index in [1.54, 1.807) is 0 Å². The molecule has 0 radical (unpaired) electrons. The summed E-state index contributed by atoms with van der Waals surface area (Å²) in [5.41, 5.74) is 5.92. The molecule has 5 rings (SSSR count). The zero-order valence-corrected chi connectivity index (χ0v) is 17.4. The van der Waals surface area contributed by atoms with Crippen LogP contribution in [0.4, 0.5) is 0 Å². The van der Waals surface area contributed by atoms with Crippen molar-refractivity contribution in [1.29, 1.82) is 0 Å². The molecule has 2 unspecified atom stereocenters. The molecule has 1 N–H and O–H groups in total. The molecule has 3 aliphatic rings. The van der Waals surface area contributed by atoms with Crippen LogP contribution >= 0.6 is 27.5 Å². The Balaban J connectivity index is 1.74. The molecule has 1 aromatic carbocycles. The molecule has 0 saturated carbocycles.